The van der Waals surface area contributed by atoms with E-state index < -0.39 is 4.92 Å². The number of furan rings is 1. The maximum absolute atomic E-state index is 12.3. The first-order chi connectivity index (χ1) is 12.6. The zero-order valence-electron chi connectivity index (χ0n) is 13.2. The van der Waals surface area contributed by atoms with Gasteiger partial charge in [0.1, 0.15) is 17.6 Å². The van der Waals surface area contributed by atoms with E-state index in [1.54, 1.807) is 24.3 Å². The standard InChI is InChI=1S/C16H12N6O4/c23-16-20-13-14(19-10-3-5-11(6-4-10)22(24)25)17-9-18-15(13)21(16)8-12-2-1-7-26-12/h1-7,9H,8H2,(H,20,23)(H,17,18,19). The fourth-order valence-electron chi connectivity index (χ4n) is 2.57. The predicted octanol–water partition coefficient (Wildman–Crippen LogP) is 2.41. The number of H-pyrrole nitrogens is 1. The second-order valence-electron chi connectivity index (χ2n) is 5.45. The number of non-ortho nitro benzene ring substituents is 1. The fourth-order valence-corrected chi connectivity index (χ4v) is 2.57. The van der Waals surface area contributed by atoms with Crippen molar-refractivity contribution in [3.05, 3.63) is 75.3 Å². The van der Waals surface area contributed by atoms with Crippen molar-refractivity contribution in [1.29, 1.82) is 0 Å². The largest absolute Gasteiger partial charge is 0.467 e. The number of nitro groups is 1. The number of nitro benzene ring substituents is 1. The number of nitrogens with zero attached hydrogens (tertiary/aromatic N) is 4. The number of anilines is 2. The molecule has 26 heavy (non-hydrogen) atoms. The quantitative estimate of drug-likeness (QED) is 0.416. The Labute approximate surface area is 145 Å². The minimum atomic E-state index is -0.473. The molecule has 1 aromatic carbocycles. The maximum atomic E-state index is 12.3. The van der Waals surface area contributed by atoms with Gasteiger partial charge in [0.05, 0.1) is 17.7 Å². The van der Waals surface area contributed by atoms with Gasteiger partial charge in [-0.1, -0.05) is 0 Å². The molecule has 0 aliphatic rings. The van der Waals surface area contributed by atoms with E-state index >= 15 is 0 Å². The summed E-state index contributed by atoms with van der Waals surface area (Å²) in [5, 5.41) is 13.8. The molecule has 0 atom stereocenters. The van der Waals surface area contributed by atoms with Crippen LogP contribution in [-0.4, -0.2) is 24.4 Å². The highest BCUT2D eigenvalue weighted by molar-refractivity contribution is 5.85. The smallest absolute Gasteiger partial charge is 0.328 e. The summed E-state index contributed by atoms with van der Waals surface area (Å²) in [6.07, 6.45) is 2.87. The lowest BCUT2D eigenvalue weighted by Crippen LogP contribution is -2.17. The number of imidazole rings is 1. The molecule has 4 rings (SSSR count). The number of aromatic amines is 1. The minimum Gasteiger partial charge on any atom is -0.467 e. The summed E-state index contributed by atoms with van der Waals surface area (Å²) in [4.78, 5) is 33.6. The van der Waals surface area contributed by atoms with Crippen molar-refractivity contribution < 1.29 is 9.34 Å². The third-order valence-corrected chi connectivity index (χ3v) is 3.79. The Kier molecular flexibility index (Phi) is 3.69. The number of hydrogen-bond donors (Lipinski definition) is 2. The molecule has 3 heterocycles. The first kappa shape index (κ1) is 15.6. The van der Waals surface area contributed by atoms with Crippen molar-refractivity contribution in [2.24, 2.45) is 0 Å². The van der Waals surface area contributed by atoms with Gasteiger partial charge in [-0.25, -0.2) is 14.8 Å². The first-order valence-electron chi connectivity index (χ1n) is 7.59. The van der Waals surface area contributed by atoms with Gasteiger partial charge in [0.25, 0.3) is 5.69 Å². The van der Waals surface area contributed by atoms with Gasteiger partial charge < -0.3 is 14.7 Å². The Morgan fingerprint density at radius 3 is 2.73 bits per heavy atom. The molecule has 2 N–H and O–H groups in total. The zero-order valence-corrected chi connectivity index (χ0v) is 13.2. The SMILES string of the molecule is O=c1[nH]c2c(Nc3ccc([N+](=O)[O-])cc3)ncnc2n1Cc1ccco1. The number of nitrogens with one attached hydrogen (secondary N) is 2. The normalized spacial score (nSPS) is 10.9. The molecule has 0 saturated carbocycles. The van der Waals surface area contributed by atoms with E-state index in [1.807, 2.05) is 0 Å². The second kappa shape index (κ2) is 6.16. The van der Waals surface area contributed by atoms with Crippen molar-refractivity contribution in [1.82, 2.24) is 19.5 Å². The first-order valence-corrected chi connectivity index (χ1v) is 7.59. The van der Waals surface area contributed by atoms with Crippen molar-refractivity contribution >= 4 is 28.4 Å². The van der Waals surface area contributed by atoms with Crippen LogP contribution in [0.5, 0.6) is 0 Å². The average Bonchev–Trinajstić information content (AvgIpc) is 3.25. The molecule has 0 aliphatic heterocycles. The van der Waals surface area contributed by atoms with Crippen LogP contribution >= 0.6 is 0 Å². The third kappa shape index (κ3) is 2.79. The summed E-state index contributed by atoms with van der Waals surface area (Å²) in [7, 11) is 0. The monoisotopic (exact) mass is 352 g/mol. The highest BCUT2D eigenvalue weighted by atomic mass is 16.6. The lowest BCUT2D eigenvalue weighted by Gasteiger charge is -2.06. The lowest BCUT2D eigenvalue weighted by molar-refractivity contribution is -0.384. The Morgan fingerprint density at radius 1 is 1.23 bits per heavy atom. The summed E-state index contributed by atoms with van der Waals surface area (Å²) in [5.41, 5.74) is 1.09. The van der Waals surface area contributed by atoms with Gasteiger partial charge in [0.2, 0.25) is 0 Å². The van der Waals surface area contributed by atoms with Gasteiger partial charge in [-0.3, -0.25) is 14.7 Å². The van der Waals surface area contributed by atoms with Crippen LogP contribution in [0.25, 0.3) is 11.2 Å². The van der Waals surface area contributed by atoms with E-state index in [2.05, 4.69) is 20.3 Å². The molecule has 0 bridgehead atoms. The van der Waals surface area contributed by atoms with Crippen LogP contribution in [-0.2, 0) is 6.54 Å². The van der Waals surface area contributed by atoms with Gasteiger partial charge in [0, 0.05) is 17.8 Å². The summed E-state index contributed by atoms with van der Waals surface area (Å²) in [6, 6.07) is 9.39. The van der Waals surface area contributed by atoms with Crippen LogP contribution in [0, 0.1) is 10.1 Å². The Morgan fingerprint density at radius 2 is 2.04 bits per heavy atom. The molecular formula is C16H12N6O4. The molecule has 0 unspecified atom stereocenters. The zero-order chi connectivity index (χ0) is 18.1. The van der Waals surface area contributed by atoms with Gasteiger partial charge >= 0.3 is 5.69 Å². The molecule has 0 fully saturated rings. The molecule has 4 aromatic rings. The number of rotatable bonds is 5. The highest BCUT2D eigenvalue weighted by Crippen LogP contribution is 2.22. The summed E-state index contributed by atoms with van der Waals surface area (Å²) in [5.74, 6) is 1.01. The van der Waals surface area contributed by atoms with Gasteiger partial charge in [-0.05, 0) is 24.3 Å². The van der Waals surface area contributed by atoms with E-state index in [0.717, 1.165) is 0 Å². The number of hydrogen-bond acceptors (Lipinski definition) is 7. The summed E-state index contributed by atoms with van der Waals surface area (Å²) in [6.45, 7) is 0.236. The molecular weight excluding hydrogens is 340 g/mol. The molecule has 0 aliphatic carbocycles. The van der Waals surface area contributed by atoms with Crippen LogP contribution in [0.3, 0.4) is 0 Å². The van der Waals surface area contributed by atoms with Crippen molar-refractivity contribution in [2.45, 2.75) is 6.54 Å². The Hall–Kier alpha value is -3.95. The highest BCUT2D eigenvalue weighted by Gasteiger charge is 2.14. The number of benzene rings is 1. The molecule has 0 spiro atoms. The van der Waals surface area contributed by atoms with Crippen LogP contribution in [0.2, 0.25) is 0 Å². The third-order valence-electron chi connectivity index (χ3n) is 3.79. The number of fused-ring (bicyclic) bond motifs is 1. The van der Waals surface area contributed by atoms with E-state index in [-0.39, 0.29) is 17.9 Å². The van der Waals surface area contributed by atoms with E-state index in [4.69, 9.17) is 4.42 Å². The molecule has 130 valence electrons. The van der Waals surface area contributed by atoms with Crippen LogP contribution in [0.1, 0.15) is 5.76 Å². The molecule has 10 heteroatoms. The van der Waals surface area contributed by atoms with Gasteiger partial charge in [0.15, 0.2) is 11.5 Å². The van der Waals surface area contributed by atoms with E-state index in [9.17, 15) is 14.9 Å². The Balaban J connectivity index is 1.70. The van der Waals surface area contributed by atoms with Crippen molar-refractivity contribution in [3.8, 4) is 0 Å². The summed E-state index contributed by atoms with van der Waals surface area (Å²) < 4.78 is 6.72. The van der Waals surface area contributed by atoms with Crippen LogP contribution < -0.4 is 11.0 Å². The molecule has 0 amide bonds. The van der Waals surface area contributed by atoms with Crippen molar-refractivity contribution in [3.63, 3.8) is 0 Å². The minimum absolute atomic E-state index is 0.0126. The van der Waals surface area contributed by atoms with Gasteiger partial charge in [-0.15, -0.1) is 0 Å². The van der Waals surface area contributed by atoms with Crippen LogP contribution in [0.4, 0.5) is 17.2 Å². The average molecular weight is 352 g/mol. The molecule has 10 nitrogen and oxygen atoms in total. The van der Waals surface area contributed by atoms with E-state index in [0.29, 0.717) is 28.4 Å². The molecule has 0 saturated heterocycles. The topological polar surface area (TPSA) is 132 Å². The summed E-state index contributed by atoms with van der Waals surface area (Å²) >= 11 is 0. The maximum Gasteiger partial charge on any atom is 0.328 e. The predicted molar refractivity (Wildman–Crippen MR) is 92.3 cm³/mol. The van der Waals surface area contributed by atoms with Crippen LogP contribution in [0.15, 0.2) is 58.2 Å². The molecule has 3 aromatic heterocycles. The Bertz CT molecular complexity index is 1130. The lowest BCUT2D eigenvalue weighted by atomic mass is 10.3. The molecule has 0 radical (unpaired) electrons. The van der Waals surface area contributed by atoms with Gasteiger partial charge in [-0.2, -0.15) is 0 Å². The van der Waals surface area contributed by atoms with Crippen molar-refractivity contribution in [2.75, 3.05) is 5.32 Å². The second-order valence-corrected chi connectivity index (χ2v) is 5.45. The number of aromatic nitrogens is 4. The fraction of sp³-hybridized carbons (Fsp3) is 0.0625. The van der Waals surface area contributed by atoms with E-state index in [1.165, 1.54) is 29.3 Å².